The highest BCUT2D eigenvalue weighted by Gasteiger charge is 2.03. The van der Waals surface area contributed by atoms with Gasteiger partial charge in [-0.05, 0) is 25.6 Å². The van der Waals surface area contributed by atoms with Crippen LogP contribution >= 0.6 is 12.4 Å². The van der Waals surface area contributed by atoms with Gasteiger partial charge in [0.1, 0.15) is 0 Å². The van der Waals surface area contributed by atoms with E-state index in [0.717, 1.165) is 26.2 Å². The van der Waals surface area contributed by atoms with Crippen molar-refractivity contribution >= 4 is 12.4 Å². The van der Waals surface area contributed by atoms with Gasteiger partial charge in [0.25, 0.3) is 0 Å². The summed E-state index contributed by atoms with van der Waals surface area (Å²) in [6.07, 6.45) is 4.30. The normalized spacial score (nSPS) is 9.50. The van der Waals surface area contributed by atoms with Gasteiger partial charge in [-0.15, -0.1) is 12.4 Å². The number of aryl methyl sites for hydroxylation is 1. The monoisotopic (exact) mass is 308 g/mol. The first-order chi connectivity index (χ1) is 6.76. The zero-order valence-electron chi connectivity index (χ0n) is 10.3. The number of pyridine rings is 1. The van der Waals surface area contributed by atoms with E-state index in [-0.39, 0.29) is 29.4 Å². The SMILES string of the molecule is CCN(CC)CC[n+]1ccc(C)cc1.Cl.[Br-]. The van der Waals surface area contributed by atoms with Crippen LogP contribution in [0.1, 0.15) is 19.4 Å². The predicted molar refractivity (Wildman–Crippen MR) is 66.4 cm³/mol. The molecule has 0 spiro atoms. The van der Waals surface area contributed by atoms with Crippen LogP contribution in [-0.4, -0.2) is 24.5 Å². The van der Waals surface area contributed by atoms with E-state index in [1.54, 1.807) is 0 Å². The molecule has 0 amide bonds. The first-order valence-corrected chi connectivity index (χ1v) is 5.44. The van der Waals surface area contributed by atoms with E-state index in [1.807, 2.05) is 0 Å². The molecule has 4 heteroatoms. The standard InChI is InChI=1S/C12H21N2.BrH.ClH/c1-4-13(5-2)10-11-14-8-6-12(3)7-9-14;;/h6-9H,4-5,10-11H2,1-3H3;2*1H/q+1;;/p-1. The van der Waals surface area contributed by atoms with Gasteiger partial charge in [0.15, 0.2) is 18.9 Å². The van der Waals surface area contributed by atoms with E-state index in [0.29, 0.717) is 0 Å². The second-order valence-corrected chi connectivity index (χ2v) is 3.64. The highest BCUT2D eigenvalue weighted by atomic mass is 79.9. The fourth-order valence-corrected chi connectivity index (χ4v) is 1.48. The molecule has 0 bridgehead atoms. The summed E-state index contributed by atoms with van der Waals surface area (Å²) in [5.74, 6) is 0. The van der Waals surface area contributed by atoms with Crippen molar-refractivity contribution in [1.29, 1.82) is 0 Å². The fourth-order valence-electron chi connectivity index (χ4n) is 1.48. The minimum absolute atomic E-state index is 0. The molecule has 1 aromatic rings. The van der Waals surface area contributed by atoms with Crippen molar-refractivity contribution in [1.82, 2.24) is 4.90 Å². The zero-order valence-corrected chi connectivity index (χ0v) is 12.7. The molecule has 1 aromatic heterocycles. The van der Waals surface area contributed by atoms with Crippen LogP contribution in [0.15, 0.2) is 24.5 Å². The molecular formula is C12H22BrClN2. The molecule has 1 heterocycles. The second kappa shape index (κ2) is 10.1. The number of likely N-dealkylation sites (N-methyl/N-ethyl adjacent to an activating group) is 1. The summed E-state index contributed by atoms with van der Waals surface area (Å²) in [5, 5.41) is 0. The van der Waals surface area contributed by atoms with Crippen LogP contribution in [0.25, 0.3) is 0 Å². The predicted octanol–water partition coefficient (Wildman–Crippen LogP) is -0.950. The number of nitrogens with zero attached hydrogens (tertiary/aromatic N) is 2. The molecule has 0 radical (unpaired) electrons. The summed E-state index contributed by atoms with van der Waals surface area (Å²) in [5.41, 5.74) is 1.32. The molecule has 0 aliphatic heterocycles. The van der Waals surface area contributed by atoms with Crippen molar-refractivity contribution in [3.8, 4) is 0 Å². The molecule has 0 aliphatic carbocycles. The third kappa shape index (κ3) is 6.46. The lowest BCUT2D eigenvalue weighted by atomic mass is 10.3. The number of rotatable bonds is 5. The number of hydrogen-bond acceptors (Lipinski definition) is 1. The van der Waals surface area contributed by atoms with Gasteiger partial charge in [0.05, 0.1) is 6.54 Å². The number of halogens is 2. The van der Waals surface area contributed by atoms with Crippen molar-refractivity contribution in [2.45, 2.75) is 27.3 Å². The molecule has 1 rings (SSSR count). The quantitative estimate of drug-likeness (QED) is 0.636. The smallest absolute Gasteiger partial charge is 0.169 e. The van der Waals surface area contributed by atoms with Crippen molar-refractivity contribution in [3.05, 3.63) is 30.1 Å². The summed E-state index contributed by atoms with van der Waals surface area (Å²) in [6, 6.07) is 4.31. The van der Waals surface area contributed by atoms with E-state index in [9.17, 15) is 0 Å². The van der Waals surface area contributed by atoms with Crippen LogP contribution in [0.2, 0.25) is 0 Å². The lowest BCUT2D eigenvalue weighted by molar-refractivity contribution is -0.696. The summed E-state index contributed by atoms with van der Waals surface area (Å²) in [4.78, 5) is 2.44. The first kappa shape index (κ1) is 18.3. The van der Waals surface area contributed by atoms with Gasteiger partial charge in [-0.25, -0.2) is 4.57 Å². The van der Waals surface area contributed by atoms with Crippen LogP contribution in [0.5, 0.6) is 0 Å². The topological polar surface area (TPSA) is 7.12 Å². The Morgan fingerprint density at radius 2 is 1.62 bits per heavy atom. The van der Waals surface area contributed by atoms with Crippen molar-refractivity contribution < 1.29 is 21.5 Å². The maximum atomic E-state index is 2.44. The average Bonchev–Trinajstić information content (AvgIpc) is 2.22. The Kier molecular flexibility index (Phi) is 11.5. The summed E-state index contributed by atoms with van der Waals surface area (Å²) in [6.45, 7) is 11.1. The fraction of sp³-hybridized carbons (Fsp3) is 0.583. The van der Waals surface area contributed by atoms with Crippen LogP contribution < -0.4 is 21.5 Å². The minimum atomic E-state index is 0. The van der Waals surface area contributed by atoms with Crippen LogP contribution in [-0.2, 0) is 6.54 Å². The van der Waals surface area contributed by atoms with E-state index < -0.39 is 0 Å². The molecule has 0 fully saturated rings. The van der Waals surface area contributed by atoms with Gasteiger partial charge < -0.3 is 17.0 Å². The van der Waals surface area contributed by atoms with E-state index >= 15 is 0 Å². The van der Waals surface area contributed by atoms with Gasteiger partial charge in [-0.2, -0.15) is 0 Å². The molecule has 0 saturated carbocycles. The zero-order chi connectivity index (χ0) is 10.4. The molecule has 0 atom stereocenters. The number of aromatic nitrogens is 1. The van der Waals surface area contributed by atoms with Crippen molar-refractivity contribution in [3.63, 3.8) is 0 Å². The Bertz CT molecular complexity index is 260. The van der Waals surface area contributed by atoms with E-state index in [2.05, 4.69) is 54.8 Å². The molecule has 0 aliphatic rings. The van der Waals surface area contributed by atoms with Gasteiger partial charge >= 0.3 is 0 Å². The molecule has 0 saturated heterocycles. The molecule has 0 unspecified atom stereocenters. The number of hydrogen-bond donors (Lipinski definition) is 0. The second-order valence-electron chi connectivity index (χ2n) is 3.64. The van der Waals surface area contributed by atoms with Gasteiger partial charge in [0.2, 0.25) is 0 Å². The Labute approximate surface area is 116 Å². The molecule has 94 valence electrons. The largest absolute Gasteiger partial charge is 1.00 e. The molecule has 0 N–H and O–H groups in total. The Balaban J connectivity index is 0. The van der Waals surface area contributed by atoms with Crippen LogP contribution in [0.4, 0.5) is 0 Å². The lowest BCUT2D eigenvalue weighted by Gasteiger charge is -2.15. The third-order valence-electron chi connectivity index (χ3n) is 2.63. The Hall–Kier alpha value is -0.120. The maximum absolute atomic E-state index is 2.44. The Morgan fingerprint density at radius 3 is 2.06 bits per heavy atom. The van der Waals surface area contributed by atoms with Crippen molar-refractivity contribution in [2.24, 2.45) is 0 Å². The average molecular weight is 310 g/mol. The minimum Gasteiger partial charge on any atom is -1.00 e. The summed E-state index contributed by atoms with van der Waals surface area (Å²) >= 11 is 0. The van der Waals surface area contributed by atoms with Gasteiger partial charge in [0, 0.05) is 12.1 Å². The van der Waals surface area contributed by atoms with Crippen LogP contribution in [0, 0.1) is 6.92 Å². The third-order valence-corrected chi connectivity index (χ3v) is 2.63. The first-order valence-electron chi connectivity index (χ1n) is 5.44. The van der Waals surface area contributed by atoms with Gasteiger partial charge in [-0.3, -0.25) is 4.90 Å². The van der Waals surface area contributed by atoms with Crippen molar-refractivity contribution in [2.75, 3.05) is 19.6 Å². The summed E-state index contributed by atoms with van der Waals surface area (Å²) in [7, 11) is 0. The molecule has 2 nitrogen and oxygen atoms in total. The molecular weight excluding hydrogens is 288 g/mol. The lowest BCUT2D eigenvalue weighted by Crippen LogP contribution is -3.00. The maximum Gasteiger partial charge on any atom is 0.169 e. The van der Waals surface area contributed by atoms with E-state index in [1.165, 1.54) is 5.56 Å². The Morgan fingerprint density at radius 1 is 1.12 bits per heavy atom. The highest BCUT2D eigenvalue weighted by Crippen LogP contribution is 1.90. The molecule has 0 aromatic carbocycles. The highest BCUT2D eigenvalue weighted by molar-refractivity contribution is 5.85. The van der Waals surface area contributed by atoms with Gasteiger partial charge in [-0.1, -0.05) is 13.8 Å². The molecule has 16 heavy (non-hydrogen) atoms. The van der Waals surface area contributed by atoms with Crippen LogP contribution in [0.3, 0.4) is 0 Å². The van der Waals surface area contributed by atoms with E-state index in [4.69, 9.17) is 0 Å². The summed E-state index contributed by atoms with van der Waals surface area (Å²) < 4.78 is 2.24.